The van der Waals surface area contributed by atoms with E-state index in [4.69, 9.17) is 0 Å². The molecule has 0 saturated heterocycles. The molecule has 96 valence electrons. The first-order chi connectivity index (χ1) is 9.93. The van der Waals surface area contributed by atoms with Crippen molar-refractivity contribution < 1.29 is 0 Å². The quantitative estimate of drug-likeness (QED) is 0.714. The molecule has 3 aromatic rings. The topological polar surface area (TPSA) is 77.3 Å². The minimum atomic E-state index is 0.685. The third-order valence-corrected chi connectivity index (χ3v) is 2.67. The van der Waals surface area contributed by atoms with Gasteiger partial charge in [0.1, 0.15) is 0 Å². The normalized spacial score (nSPS) is 10.0. The zero-order valence-corrected chi connectivity index (χ0v) is 10.5. The third kappa shape index (κ3) is 2.69. The Morgan fingerprint density at radius 2 is 1.35 bits per heavy atom. The highest BCUT2D eigenvalue weighted by molar-refractivity contribution is 5.88. The van der Waals surface area contributed by atoms with Crippen molar-refractivity contribution in [3.8, 4) is 0 Å². The van der Waals surface area contributed by atoms with Crippen LogP contribution in [0, 0.1) is 0 Å². The van der Waals surface area contributed by atoms with E-state index in [0.29, 0.717) is 11.4 Å². The van der Waals surface area contributed by atoms with Crippen molar-refractivity contribution in [2.75, 3.05) is 0 Å². The number of aromatic nitrogens is 6. The van der Waals surface area contributed by atoms with Crippen molar-refractivity contribution in [1.29, 1.82) is 0 Å². The summed E-state index contributed by atoms with van der Waals surface area (Å²) in [5.74, 6) is 0. The Morgan fingerprint density at radius 3 is 1.85 bits per heavy atom. The van der Waals surface area contributed by atoms with E-state index in [0.717, 1.165) is 11.1 Å². The Labute approximate surface area is 115 Å². The SMILES string of the molecule is C(=C(c1ccnnn1)c1ccnnn1)c1ccccc1. The molecule has 0 spiro atoms. The standard InChI is InChI=1S/C14H10N6/c1-2-4-11(5-3-1)10-12(13-6-8-15-19-17-13)14-7-9-16-20-18-14/h1-10H. The molecule has 0 atom stereocenters. The van der Waals surface area contributed by atoms with Crippen LogP contribution in [0.5, 0.6) is 0 Å². The van der Waals surface area contributed by atoms with E-state index in [1.165, 1.54) is 0 Å². The van der Waals surface area contributed by atoms with Crippen molar-refractivity contribution in [3.05, 3.63) is 71.8 Å². The first kappa shape index (κ1) is 12.0. The van der Waals surface area contributed by atoms with Crippen molar-refractivity contribution in [2.24, 2.45) is 0 Å². The molecule has 2 aromatic heterocycles. The molecular formula is C14H10N6. The van der Waals surface area contributed by atoms with Crippen LogP contribution >= 0.6 is 0 Å². The summed E-state index contributed by atoms with van der Waals surface area (Å²) in [7, 11) is 0. The number of benzene rings is 1. The lowest BCUT2D eigenvalue weighted by Crippen LogP contribution is -1.99. The predicted molar refractivity (Wildman–Crippen MR) is 73.1 cm³/mol. The molecule has 6 nitrogen and oxygen atoms in total. The summed E-state index contributed by atoms with van der Waals surface area (Å²) < 4.78 is 0. The van der Waals surface area contributed by atoms with Gasteiger partial charge in [-0.25, -0.2) is 0 Å². The van der Waals surface area contributed by atoms with Crippen LogP contribution in [-0.4, -0.2) is 30.8 Å². The highest BCUT2D eigenvalue weighted by Gasteiger charge is 2.09. The Morgan fingerprint density at radius 1 is 0.750 bits per heavy atom. The minimum Gasteiger partial charge on any atom is -0.139 e. The highest BCUT2D eigenvalue weighted by atomic mass is 15.3. The molecule has 0 amide bonds. The van der Waals surface area contributed by atoms with Crippen LogP contribution in [0.15, 0.2) is 54.9 Å². The van der Waals surface area contributed by atoms with Crippen molar-refractivity contribution >= 4 is 11.6 Å². The molecule has 2 heterocycles. The third-order valence-electron chi connectivity index (χ3n) is 2.67. The molecule has 6 heteroatoms. The second kappa shape index (κ2) is 5.75. The lowest BCUT2D eigenvalue weighted by atomic mass is 10.0. The number of rotatable bonds is 3. The van der Waals surface area contributed by atoms with E-state index in [1.54, 1.807) is 24.5 Å². The molecule has 20 heavy (non-hydrogen) atoms. The maximum atomic E-state index is 4.03. The van der Waals surface area contributed by atoms with Crippen molar-refractivity contribution in [1.82, 2.24) is 30.8 Å². The smallest absolute Gasteiger partial charge is 0.0985 e. The van der Waals surface area contributed by atoms with Gasteiger partial charge in [0.2, 0.25) is 0 Å². The van der Waals surface area contributed by atoms with Gasteiger partial charge >= 0.3 is 0 Å². The van der Waals surface area contributed by atoms with Gasteiger partial charge in [0.15, 0.2) is 0 Å². The number of hydrogen-bond donors (Lipinski definition) is 0. The maximum Gasteiger partial charge on any atom is 0.0985 e. The molecule has 0 N–H and O–H groups in total. The summed E-state index contributed by atoms with van der Waals surface area (Å²) in [4.78, 5) is 0. The van der Waals surface area contributed by atoms with Gasteiger partial charge in [-0.2, -0.15) is 0 Å². The summed E-state index contributed by atoms with van der Waals surface area (Å²) in [6, 6.07) is 13.5. The van der Waals surface area contributed by atoms with E-state index in [9.17, 15) is 0 Å². The fourth-order valence-corrected chi connectivity index (χ4v) is 1.76. The maximum absolute atomic E-state index is 4.03. The molecule has 0 aliphatic heterocycles. The molecule has 3 rings (SSSR count). The van der Waals surface area contributed by atoms with Crippen LogP contribution in [0.25, 0.3) is 11.6 Å². The largest absolute Gasteiger partial charge is 0.139 e. The van der Waals surface area contributed by atoms with E-state index < -0.39 is 0 Å². The first-order valence-electron chi connectivity index (χ1n) is 6.00. The molecule has 0 saturated carbocycles. The van der Waals surface area contributed by atoms with Gasteiger partial charge in [-0.3, -0.25) is 0 Å². The Bertz CT molecular complexity index is 656. The monoisotopic (exact) mass is 262 g/mol. The molecule has 0 bridgehead atoms. The lowest BCUT2D eigenvalue weighted by molar-refractivity contribution is 0.839. The number of nitrogens with zero attached hydrogens (tertiary/aromatic N) is 6. The van der Waals surface area contributed by atoms with Gasteiger partial charge in [-0.1, -0.05) is 30.3 Å². The van der Waals surface area contributed by atoms with Crippen LogP contribution < -0.4 is 0 Å². The Kier molecular flexibility index (Phi) is 3.46. The van der Waals surface area contributed by atoms with Gasteiger partial charge in [0, 0.05) is 5.57 Å². The fraction of sp³-hybridized carbons (Fsp3) is 0. The predicted octanol–water partition coefficient (Wildman–Crippen LogP) is 1.65. The molecule has 0 radical (unpaired) electrons. The number of hydrogen-bond acceptors (Lipinski definition) is 6. The van der Waals surface area contributed by atoms with Gasteiger partial charge in [-0.15, -0.1) is 20.4 Å². The average Bonchev–Trinajstić information content (AvgIpc) is 2.55. The van der Waals surface area contributed by atoms with Crippen LogP contribution in [0.4, 0.5) is 0 Å². The molecule has 1 aromatic carbocycles. The molecule has 0 fully saturated rings. The zero-order chi connectivity index (χ0) is 13.6. The lowest BCUT2D eigenvalue weighted by Gasteiger charge is -2.04. The summed E-state index contributed by atoms with van der Waals surface area (Å²) in [5, 5.41) is 22.8. The van der Waals surface area contributed by atoms with Gasteiger partial charge in [0.05, 0.1) is 23.8 Å². The first-order valence-corrected chi connectivity index (χ1v) is 6.00. The van der Waals surface area contributed by atoms with E-state index in [1.807, 2.05) is 36.4 Å². The molecular weight excluding hydrogens is 252 g/mol. The average molecular weight is 262 g/mol. The van der Waals surface area contributed by atoms with Gasteiger partial charge in [0.25, 0.3) is 0 Å². The van der Waals surface area contributed by atoms with Gasteiger partial charge in [-0.05, 0) is 34.2 Å². The van der Waals surface area contributed by atoms with Crippen LogP contribution in [0.2, 0.25) is 0 Å². The Hall–Kier alpha value is -3.02. The van der Waals surface area contributed by atoms with Gasteiger partial charge < -0.3 is 0 Å². The molecule has 0 unspecified atom stereocenters. The zero-order valence-electron chi connectivity index (χ0n) is 10.5. The fourth-order valence-electron chi connectivity index (χ4n) is 1.76. The van der Waals surface area contributed by atoms with Crippen LogP contribution in [-0.2, 0) is 0 Å². The van der Waals surface area contributed by atoms with Crippen molar-refractivity contribution in [3.63, 3.8) is 0 Å². The molecule has 0 aliphatic carbocycles. The second-order valence-electron chi connectivity index (χ2n) is 3.98. The van der Waals surface area contributed by atoms with Crippen LogP contribution in [0.1, 0.15) is 17.0 Å². The summed E-state index contributed by atoms with van der Waals surface area (Å²) >= 11 is 0. The van der Waals surface area contributed by atoms with Crippen LogP contribution in [0.3, 0.4) is 0 Å². The summed E-state index contributed by atoms with van der Waals surface area (Å²) in [6.45, 7) is 0. The Balaban J connectivity index is 2.12. The summed E-state index contributed by atoms with van der Waals surface area (Å²) in [6.07, 6.45) is 5.17. The highest BCUT2D eigenvalue weighted by Crippen LogP contribution is 2.21. The minimum absolute atomic E-state index is 0.685. The van der Waals surface area contributed by atoms with E-state index >= 15 is 0 Å². The van der Waals surface area contributed by atoms with E-state index in [-0.39, 0.29) is 0 Å². The molecule has 0 aliphatic rings. The van der Waals surface area contributed by atoms with Crippen molar-refractivity contribution in [2.45, 2.75) is 0 Å². The second-order valence-corrected chi connectivity index (χ2v) is 3.98. The van der Waals surface area contributed by atoms with E-state index in [2.05, 4.69) is 30.8 Å². The summed E-state index contributed by atoms with van der Waals surface area (Å²) in [5.41, 5.74) is 3.23.